The number of H-pyrrole nitrogens is 1. The molecule has 2 aromatic carbocycles. The van der Waals surface area contributed by atoms with E-state index >= 15 is 0 Å². The first-order valence-corrected chi connectivity index (χ1v) is 10.8. The molecule has 1 saturated carbocycles. The SMILES string of the molecule is COC(=O)c1cc2nc([C@H]3CC[C@H](COCc4ccccc4)CC3)[nH]c2cc1Br. The maximum Gasteiger partial charge on any atom is 0.339 e. The highest BCUT2D eigenvalue weighted by atomic mass is 79.9. The number of rotatable bonds is 6. The third-order valence-corrected chi connectivity index (χ3v) is 6.35. The van der Waals surface area contributed by atoms with E-state index in [1.165, 1.54) is 12.7 Å². The van der Waals surface area contributed by atoms with Gasteiger partial charge in [-0.1, -0.05) is 30.3 Å². The van der Waals surface area contributed by atoms with Crippen LogP contribution in [-0.4, -0.2) is 29.7 Å². The fourth-order valence-corrected chi connectivity index (χ4v) is 4.54. The van der Waals surface area contributed by atoms with Gasteiger partial charge in [-0.15, -0.1) is 0 Å². The molecule has 1 fully saturated rings. The molecule has 0 amide bonds. The van der Waals surface area contributed by atoms with E-state index in [2.05, 4.69) is 33.0 Å². The Morgan fingerprint density at radius 1 is 1.17 bits per heavy atom. The summed E-state index contributed by atoms with van der Waals surface area (Å²) in [5, 5.41) is 0. The largest absolute Gasteiger partial charge is 0.465 e. The second-order valence-corrected chi connectivity index (χ2v) is 8.54. The van der Waals surface area contributed by atoms with Crippen LogP contribution >= 0.6 is 15.9 Å². The van der Waals surface area contributed by atoms with Crippen molar-refractivity contribution in [2.75, 3.05) is 13.7 Å². The van der Waals surface area contributed by atoms with Crippen molar-refractivity contribution in [1.82, 2.24) is 9.97 Å². The first-order chi connectivity index (χ1) is 14.1. The summed E-state index contributed by atoms with van der Waals surface area (Å²) >= 11 is 3.45. The van der Waals surface area contributed by atoms with E-state index in [0.29, 0.717) is 28.5 Å². The molecule has 1 aliphatic rings. The molecule has 0 radical (unpaired) electrons. The van der Waals surface area contributed by atoms with E-state index in [1.54, 1.807) is 6.07 Å². The van der Waals surface area contributed by atoms with Gasteiger partial charge < -0.3 is 14.5 Å². The Morgan fingerprint density at radius 2 is 1.93 bits per heavy atom. The molecule has 0 aliphatic heterocycles. The average Bonchev–Trinajstić information content (AvgIpc) is 3.16. The zero-order chi connectivity index (χ0) is 20.2. The molecule has 3 aromatic rings. The van der Waals surface area contributed by atoms with Gasteiger partial charge in [-0.05, 0) is 65.2 Å². The molecule has 1 aliphatic carbocycles. The smallest absolute Gasteiger partial charge is 0.339 e. The summed E-state index contributed by atoms with van der Waals surface area (Å²) < 4.78 is 11.5. The number of carbonyl (C=O) groups excluding carboxylic acids is 1. The second-order valence-electron chi connectivity index (χ2n) is 7.68. The zero-order valence-electron chi connectivity index (χ0n) is 16.5. The molecule has 5 nitrogen and oxygen atoms in total. The van der Waals surface area contributed by atoms with E-state index in [1.807, 2.05) is 24.3 Å². The third-order valence-electron chi connectivity index (χ3n) is 5.69. The molecule has 152 valence electrons. The lowest BCUT2D eigenvalue weighted by molar-refractivity contribution is 0.0600. The van der Waals surface area contributed by atoms with Crippen molar-refractivity contribution >= 4 is 32.9 Å². The van der Waals surface area contributed by atoms with Gasteiger partial charge >= 0.3 is 5.97 Å². The highest BCUT2D eigenvalue weighted by Gasteiger charge is 2.25. The number of ether oxygens (including phenoxy) is 2. The quantitative estimate of drug-likeness (QED) is 0.490. The topological polar surface area (TPSA) is 64.2 Å². The number of fused-ring (bicyclic) bond motifs is 1. The van der Waals surface area contributed by atoms with Crippen molar-refractivity contribution in [2.24, 2.45) is 5.92 Å². The number of carbonyl (C=O) groups is 1. The molecule has 1 aromatic heterocycles. The number of esters is 1. The summed E-state index contributed by atoms with van der Waals surface area (Å²) in [5.41, 5.74) is 3.46. The van der Waals surface area contributed by atoms with Gasteiger partial charge in [0.05, 0.1) is 30.3 Å². The number of aromatic amines is 1. The van der Waals surface area contributed by atoms with Crippen LogP contribution in [0.2, 0.25) is 0 Å². The number of nitrogens with one attached hydrogen (secondary N) is 1. The van der Waals surface area contributed by atoms with Crippen LogP contribution in [0.15, 0.2) is 46.9 Å². The Bertz CT molecular complexity index is 978. The lowest BCUT2D eigenvalue weighted by atomic mass is 9.82. The number of benzene rings is 2. The maximum absolute atomic E-state index is 11.9. The van der Waals surface area contributed by atoms with Gasteiger partial charge in [-0.25, -0.2) is 9.78 Å². The maximum atomic E-state index is 11.9. The van der Waals surface area contributed by atoms with Crippen molar-refractivity contribution in [2.45, 2.75) is 38.2 Å². The van der Waals surface area contributed by atoms with Gasteiger partial charge in [0.25, 0.3) is 0 Å². The number of imidazole rings is 1. The molecule has 29 heavy (non-hydrogen) atoms. The fourth-order valence-electron chi connectivity index (χ4n) is 4.03. The first kappa shape index (κ1) is 20.1. The standard InChI is InChI=1S/C23H25BrN2O3/c1-28-23(27)18-11-20-21(12-19(18)24)26-22(25-20)17-9-7-16(8-10-17)14-29-13-15-5-3-2-4-6-15/h2-6,11-12,16-17H,7-10,13-14H2,1H3,(H,25,26)/t16-,17-. The lowest BCUT2D eigenvalue weighted by Gasteiger charge is -2.27. The highest BCUT2D eigenvalue weighted by Crippen LogP contribution is 2.36. The summed E-state index contributed by atoms with van der Waals surface area (Å²) in [6.07, 6.45) is 4.50. The molecular weight excluding hydrogens is 432 g/mol. The summed E-state index contributed by atoms with van der Waals surface area (Å²) in [6, 6.07) is 14.0. The molecule has 1 heterocycles. The zero-order valence-corrected chi connectivity index (χ0v) is 18.1. The van der Waals surface area contributed by atoms with Gasteiger partial charge in [0, 0.05) is 17.0 Å². The third kappa shape index (κ3) is 4.70. The predicted octanol–water partition coefficient (Wildman–Crippen LogP) is 5.60. The van der Waals surface area contributed by atoms with Gasteiger partial charge in [-0.3, -0.25) is 0 Å². The molecule has 0 spiro atoms. The monoisotopic (exact) mass is 456 g/mol. The Labute approximate surface area is 178 Å². The highest BCUT2D eigenvalue weighted by molar-refractivity contribution is 9.10. The Hall–Kier alpha value is -2.18. The normalized spacial score (nSPS) is 19.4. The van der Waals surface area contributed by atoms with Crippen LogP contribution in [0.5, 0.6) is 0 Å². The number of aromatic nitrogens is 2. The summed E-state index contributed by atoms with van der Waals surface area (Å²) in [7, 11) is 1.39. The molecule has 0 bridgehead atoms. The van der Waals surface area contributed by atoms with Crippen LogP contribution in [-0.2, 0) is 16.1 Å². The number of hydrogen-bond acceptors (Lipinski definition) is 4. The van der Waals surface area contributed by atoms with Gasteiger partial charge in [0.1, 0.15) is 5.82 Å². The molecule has 6 heteroatoms. The minimum absolute atomic E-state index is 0.362. The average molecular weight is 457 g/mol. The molecule has 0 unspecified atom stereocenters. The van der Waals surface area contributed by atoms with Gasteiger partial charge in [-0.2, -0.15) is 0 Å². The van der Waals surface area contributed by atoms with Crippen LogP contribution in [0.25, 0.3) is 11.0 Å². The van der Waals surface area contributed by atoms with Crippen LogP contribution in [0.4, 0.5) is 0 Å². The lowest BCUT2D eigenvalue weighted by Crippen LogP contribution is -2.18. The number of nitrogens with zero attached hydrogens (tertiary/aromatic N) is 1. The molecule has 0 atom stereocenters. The van der Waals surface area contributed by atoms with E-state index in [9.17, 15) is 4.79 Å². The molecule has 1 N–H and O–H groups in total. The summed E-state index contributed by atoms with van der Waals surface area (Å²) in [4.78, 5) is 20.1. The first-order valence-electron chi connectivity index (χ1n) is 10.0. The van der Waals surface area contributed by atoms with Crippen molar-refractivity contribution < 1.29 is 14.3 Å². The van der Waals surface area contributed by atoms with Crippen molar-refractivity contribution in [1.29, 1.82) is 0 Å². The van der Waals surface area contributed by atoms with Crippen molar-refractivity contribution in [3.63, 3.8) is 0 Å². The molecule has 0 saturated heterocycles. The predicted molar refractivity (Wildman–Crippen MR) is 116 cm³/mol. The van der Waals surface area contributed by atoms with Crippen LogP contribution in [0.1, 0.15) is 53.3 Å². The van der Waals surface area contributed by atoms with Crippen LogP contribution in [0, 0.1) is 5.92 Å². The van der Waals surface area contributed by atoms with Crippen LogP contribution in [0.3, 0.4) is 0 Å². The Balaban J connectivity index is 1.34. The number of halogens is 1. The van der Waals surface area contributed by atoms with Crippen LogP contribution < -0.4 is 0 Å². The van der Waals surface area contributed by atoms with E-state index < -0.39 is 0 Å². The second kappa shape index (κ2) is 9.09. The fraction of sp³-hybridized carbons (Fsp3) is 0.391. The minimum Gasteiger partial charge on any atom is -0.465 e. The minimum atomic E-state index is -0.362. The van der Waals surface area contributed by atoms with Crippen molar-refractivity contribution in [3.05, 3.63) is 63.9 Å². The van der Waals surface area contributed by atoms with E-state index in [0.717, 1.165) is 49.1 Å². The Morgan fingerprint density at radius 3 is 2.66 bits per heavy atom. The van der Waals surface area contributed by atoms with Gasteiger partial charge in [0.15, 0.2) is 0 Å². The number of hydrogen-bond donors (Lipinski definition) is 1. The number of methoxy groups -OCH3 is 1. The molecule has 4 rings (SSSR count). The summed E-state index contributed by atoms with van der Waals surface area (Å²) in [5.74, 6) is 1.68. The van der Waals surface area contributed by atoms with Gasteiger partial charge in [0.2, 0.25) is 0 Å². The summed E-state index contributed by atoms with van der Waals surface area (Å²) in [6.45, 7) is 1.50. The Kier molecular flexibility index (Phi) is 6.31. The molecular formula is C23H25BrN2O3. The van der Waals surface area contributed by atoms with Crippen molar-refractivity contribution in [3.8, 4) is 0 Å². The van der Waals surface area contributed by atoms with E-state index in [-0.39, 0.29) is 5.97 Å². The van der Waals surface area contributed by atoms with E-state index in [4.69, 9.17) is 14.5 Å².